The van der Waals surface area contributed by atoms with Crippen molar-refractivity contribution in [2.75, 3.05) is 0 Å². The highest BCUT2D eigenvalue weighted by atomic mass is 16.5. The number of rotatable bonds is 3. The molecule has 0 aliphatic heterocycles. The van der Waals surface area contributed by atoms with E-state index < -0.39 is 17.7 Å². The Kier molecular flexibility index (Phi) is 3.29. The topological polar surface area (TPSA) is 76.7 Å². The summed E-state index contributed by atoms with van der Waals surface area (Å²) < 4.78 is 10.5. The molecule has 0 aliphatic rings. The second-order valence-corrected chi connectivity index (χ2v) is 4.41. The maximum absolute atomic E-state index is 11.4. The van der Waals surface area contributed by atoms with E-state index in [1.54, 1.807) is 19.1 Å². The van der Waals surface area contributed by atoms with Crippen molar-refractivity contribution in [2.45, 2.75) is 26.9 Å². The van der Waals surface area contributed by atoms with Gasteiger partial charge in [0, 0.05) is 17.0 Å². The number of carboxylic acid groups (broad SMARTS) is 1. The lowest BCUT2D eigenvalue weighted by Crippen LogP contribution is -2.23. The Bertz CT molecular complexity index is 699. The third-order valence-corrected chi connectivity index (χ3v) is 2.97. The summed E-state index contributed by atoms with van der Waals surface area (Å²) in [6.45, 7) is 4.99. The molecule has 1 atom stereocenters. The number of hydrogen-bond acceptors (Lipinski definition) is 4. The molecule has 1 aromatic heterocycles. The van der Waals surface area contributed by atoms with Crippen molar-refractivity contribution in [1.29, 1.82) is 0 Å². The second kappa shape index (κ2) is 4.76. The number of carbonyl (C=O) groups is 1. The van der Waals surface area contributed by atoms with Crippen molar-refractivity contribution in [3.8, 4) is 5.75 Å². The standard InChI is InChI=1S/C14H14O5/c1-7-6-12(15)19-13-8(2)11(5-4-10(7)13)18-9(3)14(16)17/h4-6,9H,1-3H3,(H,16,17)/t9-/m1/s1. The molecule has 19 heavy (non-hydrogen) atoms. The number of benzene rings is 1. The Balaban J connectivity index is 2.57. The van der Waals surface area contributed by atoms with Gasteiger partial charge in [-0.05, 0) is 38.5 Å². The fourth-order valence-electron chi connectivity index (χ4n) is 1.87. The normalized spacial score (nSPS) is 12.4. The minimum Gasteiger partial charge on any atom is -0.479 e. The molecule has 100 valence electrons. The van der Waals surface area contributed by atoms with Crippen LogP contribution in [0.15, 0.2) is 27.4 Å². The van der Waals surface area contributed by atoms with Crippen LogP contribution in [0.1, 0.15) is 18.1 Å². The van der Waals surface area contributed by atoms with E-state index in [4.69, 9.17) is 14.3 Å². The van der Waals surface area contributed by atoms with Crippen LogP contribution in [0.3, 0.4) is 0 Å². The van der Waals surface area contributed by atoms with Gasteiger partial charge in [-0.3, -0.25) is 0 Å². The number of aryl methyl sites for hydroxylation is 2. The van der Waals surface area contributed by atoms with Crippen LogP contribution in [-0.2, 0) is 4.79 Å². The average molecular weight is 262 g/mol. The highest BCUT2D eigenvalue weighted by Gasteiger charge is 2.16. The monoisotopic (exact) mass is 262 g/mol. The highest BCUT2D eigenvalue weighted by molar-refractivity contribution is 5.84. The van der Waals surface area contributed by atoms with E-state index in [-0.39, 0.29) is 0 Å². The summed E-state index contributed by atoms with van der Waals surface area (Å²) in [6.07, 6.45) is -0.965. The number of fused-ring (bicyclic) bond motifs is 1. The van der Waals surface area contributed by atoms with Crippen LogP contribution in [0, 0.1) is 13.8 Å². The van der Waals surface area contributed by atoms with Gasteiger partial charge < -0.3 is 14.3 Å². The van der Waals surface area contributed by atoms with E-state index in [9.17, 15) is 9.59 Å². The van der Waals surface area contributed by atoms with Crippen molar-refractivity contribution in [3.05, 3.63) is 39.7 Å². The Hall–Kier alpha value is -2.30. The molecule has 1 N–H and O–H groups in total. The van der Waals surface area contributed by atoms with Gasteiger partial charge in [0.1, 0.15) is 11.3 Å². The zero-order valence-corrected chi connectivity index (χ0v) is 10.9. The lowest BCUT2D eigenvalue weighted by atomic mass is 10.1. The smallest absolute Gasteiger partial charge is 0.344 e. The lowest BCUT2D eigenvalue weighted by Gasteiger charge is -2.14. The van der Waals surface area contributed by atoms with E-state index in [0.717, 1.165) is 10.9 Å². The Morgan fingerprint density at radius 1 is 1.37 bits per heavy atom. The van der Waals surface area contributed by atoms with Gasteiger partial charge in [0.25, 0.3) is 0 Å². The number of hydrogen-bond donors (Lipinski definition) is 1. The second-order valence-electron chi connectivity index (χ2n) is 4.41. The maximum Gasteiger partial charge on any atom is 0.344 e. The largest absolute Gasteiger partial charge is 0.479 e. The number of carboxylic acids is 1. The van der Waals surface area contributed by atoms with Crippen LogP contribution < -0.4 is 10.4 Å². The summed E-state index contributed by atoms with van der Waals surface area (Å²) in [7, 11) is 0. The maximum atomic E-state index is 11.4. The molecule has 0 spiro atoms. The molecular formula is C14H14O5. The SMILES string of the molecule is Cc1cc(=O)oc2c(C)c(O[C@H](C)C(=O)O)ccc12. The summed E-state index contributed by atoms with van der Waals surface area (Å²) in [4.78, 5) is 22.2. The molecule has 0 radical (unpaired) electrons. The van der Waals surface area contributed by atoms with E-state index >= 15 is 0 Å². The molecule has 1 aromatic carbocycles. The molecule has 0 saturated carbocycles. The molecule has 0 fully saturated rings. The van der Waals surface area contributed by atoms with Gasteiger partial charge in [0.2, 0.25) is 0 Å². The first-order chi connectivity index (χ1) is 8.90. The molecule has 0 unspecified atom stereocenters. The van der Waals surface area contributed by atoms with Crippen molar-refractivity contribution in [2.24, 2.45) is 0 Å². The molecule has 0 aliphatic carbocycles. The Labute approximate surface area is 109 Å². The van der Waals surface area contributed by atoms with Crippen molar-refractivity contribution in [1.82, 2.24) is 0 Å². The van der Waals surface area contributed by atoms with Gasteiger partial charge in [-0.2, -0.15) is 0 Å². The molecular weight excluding hydrogens is 248 g/mol. The van der Waals surface area contributed by atoms with Crippen LogP contribution in [0.5, 0.6) is 5.75 Å². The summed E-state index contributed by atoms with van der Waals surface area (Å²) >= 11 is 0. The van der Waals surface area contributed by atoms with Gasteiger partial charge >= 0.3 is 11.6 Å². The average Bonchev–Trinajstić information content (AvgIpc) is 2.33. The minimum absolute atomic E-state index is 0.399. The number of ether oxygens (including phenoxy) is 1. The van der Waals surface area contributed by atoms with Gasteiger partial charge in [-0.15, -0.1) is 0 Å². The van der Waals surface area contributed by atoms with Crippen molar-refractivity contribution < 1.29 is 19.1 Å². The van der Waals surface area contributed by atoms with Gasteiger partial charge in [0.15, 0.2) is 6.10 Å². The first-order valence-electron chi connectivity index (χ1n) is 5.83. The quantitative estimate of drug-likeness (QED) is 0.858. The third-order valence-electron chi connectivity index (χ3n) is 2.97. The number of aliphatic carboxylic acids is 1. The van der Waals surface area contributed by atoms with Gasteiger partial charge in [-0.1, -0.05) is 0 Å². The Morgan fingerprint density at radius 2 is 2.05 bits per heavy atom. The van der Waals surface area contributed by atoms with E-state index in [1.807, 2.05) is 6.92 Å². The zero-order chi connectivity index (χ0) is 14.2. The molecule has 1 heterocycles. The molecule has 5 nitrogen and oxygen atoms in total. The lowest BCUT2D eigenvalue weighted by molar-refractivity contribution is -0.144. The van der Waals surface area contributed by atoms with E-state index in [2.05, 4.69) is 0 Å². The fourth-order valence-corrected chi connectivity index (χ4v) is 1.87. The van der Waals surface area contributed by atoms with Crippen LogP contribution in [-0.4, -0.2) is 17.2 Å². The van der Waals surface area contributed by atoms with Crippen LogP contribution in [0.25, 0.3) is 11.0 Å². The van der Waals surface area contributed by atoms with Crippen LogP contribution >= 0.6 is 0 Å². The predicted octanol–water partition coefficient (Wildman–Crippen LogP) is 2.26. The van der Waals surface area contributed by atoms with Crippen LogP contribution in [0.4, 0.5) is 0 Å². The first-order valence-corrected chi connectivity index (χ1v) is 5.83. The zero-order valence-electron chi connectivity index (χ0n) is 10.9. The minimum atomic E-state index is -1.05. The van der Waals surface area contributed by atoms with Crippen LogP contribution in [0.2, 0.25) is 0 Å². The molecule has 2 aromatic rings. The van der Waals surface area contributed by atoms with Crippen molar-refractivity contribution in [3.63, 3.8) is 0 Å². The summed E-state index contributed by atoms with van der Waals surface area (Å²) in [6, 6.07) is 4.86. The molecule has 0 saturated heterocycles. The highest BCUT2D eigenvalue weighted by Crippen LogP contribution is 2.28. The Morgan fingerprint density at radius 3 is 2.68 bits per heavy atom. The van der Waals surface area contributed by atoms with Crippen molar-refractivity contribution >= 4 is 16.9 Å². The van der Waals surface area contributed by atoms with Gasteiger partial charge in [0.05, 0.1) is 0 Å². The molecule has 5 heteroatoms. The van der Waals surface area contributed by atoms with E-state index in [1.165, 1.54) is 13.0 Å². The molecule has 0 amide bonds. The fraction of sp³-hybridized carbons (Fsp3) is 0.286. The molecule has 0 bridgehead atoms. The summed E-state index contributed by atoms with van der Waals surface area (Å²) in [5.74, 6) is -0.652. The third kappa shape index (κ3) is 2.45. The van der Waals surface area contributed by atoms with Gasteiger partial charge in [-0.25, -0.2) is 9.59 Å². The predicted molar refractivity (Wildman–Crippen MR) is 69.7 cm³/mol. The first kappa shape index (κ1) is 13.1. The van der Waals surface area contributed by atoms with E-state index in [0.29, 0.717) is 16.9 Å². The summed E-state index contributed by atoms with van der Waals surface area (Å²) in [5, 5.41) is 9.65. The summed E-state index contributed by atoms with van der Waals surface area (Å²) in [5.41, 5.74) is 1.43. The molecule has 2 rings (SSSR count).